The minimum atomic E-state index is -0.293. The molecule has 0 atom stereocenters. The van der Waals surface area contributed by atoms with Gasteiger partial charge in [-0.1, -0.05) is 12.1 Å². The van der Waals surface area contributed by atoms with Crippen LogP contribution in [0.3, 0.4) is 0 Å². The lowest BCUT2D eigenvalue weighted by molar-refractivity contribution is 0.265. The Labute approximate surface area is 96.4 Å². The standard InChI is InChI=1S/C10H10FN3OS/c11-8-3-1-2-7(4-8)5-14-9(6-15)12-13-10(14)16/h1-4,15H,5-6H2,(H,13,16). The molecule has 1 heterocycles. The van der Waals surface area contributed by atoms with Crippen LogP contribution in [0.15, 0.2) is 24.3 Å². The number of H-pyrrole nitrogens is 1. The van der Waals surface area contributed by atoms with E-state index in [0.29, 0.717) is 17.1 Å². The van der Waals surface area contributed by atoms with Gasteiger partial charge in [-0.15, -0.1) is 0 Å². The van der Waals surface area contributed by atoms with E-state index in [4.69, 9.17) is 17.3 Å². The Morgan fingerprint density at radius 1 is 1.50 bits per heavy atom. The Morgan fingerprint density at radius 3 is 3.00 bits per heavy atom. The van der Waals surface area contributed by atoms with Crippen molar-refractivity contribution in [3.63, 3.8) is 0 Å². The Morgan fingerprint density at radius 2 is 2.31 bits per heavy atom. The fourth-order valence-electron chi connectivity index (χ4n) is 1.45. The molecule has 84 valence electrons. The third-order valence-corrected chi connectivity index (χ3v) is 2.52. The molecule has 2 rings (SSSR count). The molecular formula is C10H10FN3OS. The third kappa shape index (κ3) is 2.17. The monoisotopic (exact) mass is 239 g/mol. The lowest BCUT2D eigenvalue weighted by atomic mass is 10.2. The molecule has 0 spiro atoms. The third-order valence-electron chi connectivity index (χ3n) is 2.21. The zero-order valence-corrected chi connectivity index (χ0v) is 9.17. The molecule has 0 aliphatic rings. The highest BCUT2D eigenvalue weighted by molar-refractivity contribution is 7.71. The fourth-order valence-corrected chi connectivity index (χ4v) is 1.67. The Balaban J connectivity index is 2.33. The number of nitrogens with one attached hydrogen (secondary N) is 1. The van der Waals surface area contributed by atoms with Crippen molar-refractivity contribution in [2.75, 3.05) is 0 Å². The second-order valence-corrected chi connectivity index (χ2v) is 3.71. The zero-order valence-electron chi connectivity index (χ0n) is 8.35. The summed E-state index contributed by atoms with van der Waals surface area (Å²) in [6.07, 6.45) is 0. The quantitative estimate of drug-likeness (QED) is 0.800. The van der Waals surface area contributed by atoms with E-state index in [-0.39, 0.29) is 12.4 Å². The fraction of sp³-hybridized carbons (Fsp3) is 0.200. The lowest BCUT2D eigenvalue weighted by Crippen LogP contribution is -2.05. The molecule has 0 saturated heterocycles. The normalized spacial score (nSPS) is 10.6. The van der Waals surface area contributed by atoms with Gasteiger partial charge >= 0.3 is 0 Å². The van der Waals surface area contributed by atoms with Crippen molar-refractivity contribution in [1.29, 1.82) is 0 Å². The number of nitrogens with zero attached hydrogens (tertiary/aromatic N) is 2. The molecule has 0 aliphatic heterocycles. The molecule has 0 aliphatic carbocycles. The Kier molecular flexibility index (Phi) is 3.12. The highest BCUT2D eigenvalue weighted by atomic mass is 32.1. The molecule has 16 heavy (non-hydrogen) atoms. The van der Waals surface area contributed by atoms with Crippen LogP contribution in [0.4, 0.5) is 4.39 Å². The maximum absolute atomic E-state index is 13.0. The molecule has 2 N–H and O–H groups in total. The molecule has 6 heteroatoms. The van der Waals surface area contributed by atoms with Gasteiger partial charge in [0.15, 0.2) is 10.6 Å². The van der Waals surface area contributed by atoms with Crippen LogP contribution in [0.1, 0.15) is 11.4 Å². The number of aromatic amines is 1. The minimum Gasteiger partial charge on any atom is -0.388 e. The molecule has 0 bridgehead atoms. The van der Waals surface area contributed by atoms with Crippen LogP contribution in [-0.2, 0) is 13.2 Å². The van der Waals surface area contributed by atoms with E-state index in [1.54, 1.807) is 16.7 Å². The lowest BCUT2D eigenvalue weighted by Gasteiger charge is -2.05. The van der Waals surface area contributed by atoms with Crippen molar-refractivity contribution in [1.82, 2.24) is 14.8 Å². The smallest absolute Gasteiger partial charge is 0.195 e. The second-order valence-electron chi connectivity index (χ2n) is 3.32. The summed E-state index contributed by atoms with van der Waals surface area (Å²) in [7, 11) is 0. The van der Waals surface area contributed by atoms with Gasteiger partial charge in [0, 0.05) is 0 Å². The molecule has 0 unspecified atom stereocenters. The van der Waals surface area contributed by atoms with Gasteiger partial charge in [0.1, 0.15) is 12.4 Å². The minimum absolute atomic E-state index is 0.206. The summed E-state index contributed by atoms with van der Waals surface area (Å²) in [5.74, 6) is 0.146. The van der Waals surface area contributed by atoms with Crippen molar-refractivity contribution < 1.29 is 9.50 Å². The van der Waals surface area contributed by atoms with Crippen LogP contribution in [0.2, 0.25) is 0 Å². The van der Waals surface area contributed by atoms with E-state index in [1.165, 1.54) is 12.1 Å². The molecule has 0 fully saturated rings. The van der Waals surface area contributed by atoms with E-state index in [9.17, 15) is 4.39 Å². The zero-order chi connectivity index (χ0) is 11.5. The number of rotatable bonds is 3. The number of hydrogen-bond acceptors (Lipinski definition) is 3. The summed E-state index contributed by atoms with van der Waals surface area (Å²) < 4.78 is 15.0. The first-order valence-corrected chi connectivity index (χ1v) is 5.11. The largest absolute Gasteiger partial charge is 0.388 e. The highest BCUT2D eigenvalue weighted by Crippen LogP contribution is 2.08. The predicted molar refractivity (Wildman–Crippen MR) is 58.8 cm³/mol. The van der Waals surface area contributed by atoms with Crippen LogP contribution in [0.25, 0.3) is 0 Å². The predicted octanol–water partition coefficient (Wildman–Crippen LogP) is 1.62. The van der Waals surface area contributed by atoms with Crippen molar-refractivity contribution in [3.8, 4) is 0 Å². The summed E-state index contributed by atoms with van der Waals surface area (Å²) in [5.41, 5.74) is 0.771. The highest BCUT2D eigenvalue weighted by Gasteiger charge is 2.05. The number of hydrogen-bond donors (Lipinski definition) is 2. The number of benzene rings is 1. The van der Waals surface area contributed by atoms with Gasteiger partial charge in [-0.05, 0) is 29.9 Å². The first-order chi connectivity index (χ1) is 7.70. The average Bonchev–Trinajstić information content (AvgIpc) is 2.60. The van der Waals surface area contributed by atoms with E-state index < -0.39 is 0 Å². The van der Waals surface area contributed by atoms with Gasteiger partial charge in [0.05, 0.1) is 6.54 Å². The van der Waals surface area contributed by atoms with E-state index in [1.807, 2.05) is 0 Å². The number of halogens is 1. The molecule has 2 aromatic rings. The second kappa shape index (κ2) is 4.54. The topological polar surface area (TPSA) is 53.8 Å². The molecule has 0 saturated carbocycles. The average molecular weight is 239 g/mol. The van der Waals surface area contributed by atoms with Gasteiger partial charge in [-0.2, -0.15) is 5.10 Å². The first kappa shape index (κ1) is 11.0. The Hall–Kier alpha value is -1.53. The SMILES string of the molecule is OCc1n[nH]c(=S)n1Cc1cccc(F)c1. The number of aliphatic hydroxyl groups excluding tert-OH is 1. The molecule has 1 aromatic heterocycles. The summed E-state index contributed by atoms with van der Waals surface area (Å²) in [6.45, 7) is 0.186. The van der Waals surface area contributed by atoms with Crippen LogP contribution in [0, 0.1) is 10.6 Å². The van der Waals surface area contributed by atoms with Crippen LogP contribution < -0.4 is 0 Å². The summed E-state index contributed by atoms with van der Waals surface area (Å²) in [6, 6.07) is 6.23. The van der Waals surface area contributed by atoms with E-state index in [0.717, 1.165) is 5.56 Å². The van der Waals surface area contributed by atoms with Gasteiger partial charge in [0.2, 0.25) is 0 Å². The summed E-state index contributed by atoms with van der Waals surface area (Å²) in [5, 5.41) is 15.5. The van der Waals surface area contributed by atoms with Gasteiger partial charge < -0.3 is 5.11 Å². The van der Waals surface area contributed by atoms with Gasteiger partial charge in [0.25, 0.3) is 0 Å². The molecule has 0 radical (unpaired) electrons. The molecule has 0 amide bonds. The molecule has 1 aromatic carbocycles. The van der Waals surface area contributed by atoms with E-state index >= 15 is 0 Å². The van der Waals surface area contributed by atoms with E-state index in [2.05, 4.69) is 10.2 Å². The maximum atomic E-state index is 13.0. The van der Waals surface area contributed by atoms with Gasteiger partial charge in [-0.3, -0.25) is 9.67 Å². The van der Waals surface area contributed by atoms with Crippen molar-refractivity contribution >= 4 is 12.2 Å². The van der Waals surface area contributed by atoms with Crippen molar-refractivity contribution in [2.24, 2.45) is 0 Å². The summed E-state index contributed by atoms with van der Waals surface area (Å²) in [4.78, 5) is 0. The van der Waals surface area contributed by atoms with Crippen LogP contribution in [0.5, 0.6) is 0 Å². The van der Waals surface area contributed by atoms with Gasteiger partial charge in [-0.25, -0.2) is 4.39 Å². The van der Waals surface area contributed by atoms with Crippen LogP contribution >= 0.6 is 12.2 Å². The maximum Gasteiger partial charge on any atom is 0.195 e. The number of aromatic nitrogens is 3. The molecule has 4 nitrogen and oxygen atoms in total. The van der Waals surface area contributed by atoms with Crippen molar-refractivity contribution in [2.45, 2.75) is 13.2 Å². The summed E-state index contributed by atoms with van der Waals surface area (Å²) >= 11 is 5.01. The Bertz CT molecular complexity index is 549. The van der Waals surface area contributed by atoms with Crippen LogP contribution in [-0.4, -0.2) is 19.9 Å². The molecular weight excluding hydrogens is 229 g/mol. The first-order valence-electron chi connectivity index (χ1n) is 4.70. The number of aliphatic hydroxyl groups is 1. The van der Waals surface area contributed by atoms with Crippen molar-refractivity contribution in [3.05, 3.63) is 46.2 Å².